The predicted octanol–water partition coefficient (Wildman–Crippen LogP) is 1.12. The first-order chi connectivity index (χ1) is 8.69. The van der Waals surface area contributed by atoms with Crippen LogP contribution in [0.5, 0.6) is 0 Å². The number of amides is 2. The molecule has 2 aliphatic heterocycles. The number of hydrogen-bond donors (Lipinski definition) is 1. The van der Waals surface area contributed by atoms with Crippen molar-refractivity contribution in [2.24, 2.45) is 11.8 Å². The summed E-state index contributed by atoms with van der Waals surface area (Å²) in [4.78, 5) is 26.5. The Kier molecular flexibility index (Phi) is 2.78. The number of nitrogens with zero attached hydrogens (tertiary/aromatic N) is 1. The van der Waals surface area contributed by atoms with E-state index in [2.05, 4.69) is 34.5 Å². The summed E-state index contributed by atoms with van der Waals surface area (Å²) in [7, 11) is 0. The minimum Gasteiger partial charge on any atom is -0.370 e. The van der Waals surface area contributed by atoms with E-state index in [0.717, 1.165) is 5.69 Å². The average Bonchev–Trinajstić information content (AvgIpc) is 2.93. The summed E-state index contributed by atoms with van der Waals surface area (Å²) < 4.78 is 0. The maximum atomic E-state index is 11.6. The van der Waals surface area contributed by atoms with Crippen molar-refractivity contribution in [3.63, 3.8) is 0 Å². The van der Waals surface area contributed by atoms with Gasteiger partial charge in [0.15, 0.2) is 0 Å². The lowest BCUT2D eigenvalue weighted by Crippen LogP contribution is -2.31. The molecule has 0 aliphatic carbocycles. The minimum absolute atomic E-state index is 0.117. The van der Waals surface area contributed by atoms with E-state index in [9.17, 15) is 9.59 Å². The van der Waals surface area contributed by atoms with Gasteiger partial charge in [-0.25, -0.2) is 0 Å². The summed E-state index contributed by atoms with van der Waals surface area (Å²) in [5.74, 6) is -0.572. The third kappa shape index (κ3) is 1.79. The van der Waals surface area contributed by atoms with Crippen LogP contribution in [-0.4, -0.2) is 31.2 Å². The van der Waals surface area contributed by atoms with E-state index in [0.29, 0.717) is 13.1 Å². The molecule has 1 aromatic carbocycles. The molecular formula is C13H14N2O2S. The van der Waals surface area contributed by atoms with Crippen LogP contribution in [0, 0.1) is 11.8 Å². The molecule has 0 aromatic heterocycles. The highest BCUT2D eigenvalue weighted by Gasteiger charge is 2.47. The second kappa shape index (κ2) is 4.31. The molecule has 3 rings (SSSR count). The van der Waals surface area contributed by atoms with Crippen molar-refractivity contribution in [2.45, 2.75) is 4.90 Å². The summed E-state index contributed by atoms with van der Waals surface area (Å²) in [6, 6.07) is 8.23. The van der Waals surface area contributed by atoms with Crippen LogP contribution in [0.4, 0.5) is 5.69 Å². The van der Waals surface area contributed by atoms with Crippen LogP contribution in [0.15, 0.2) is 29.2 Å². The largest absolute Gasteiger partial charge is 0.370 e. The molecule has 2 atom stereocenters. The number of carbonyl (C=O) groups is 2. The number of rotatable bonds is 2. The Balaban J connectivity index is 1.79. The number of hydrogen-bond acceptors (Lipinski definition) is 4. The van der Waals surface area contributed by atoms with Crippen LogP contribution >= 0.6 is 11.8 Å². The lowest BCUT2D eigenvalue weighted by molar-refractivity contribution is -0.126. The van der Waals surface area contributed by atoms with Crippen LogP contribution < -0.4 is 10.2 Å². The fourth-order valence-electron chi connectivity index (χ4n) is 2.65. The third-order valence-electron chi connectivity index (χ3n) is 3.68. The highest BCUT2D eigenvalue weighted by Crippen LogP contribution is 2.32. The van der Waals surface area contributed by atoms with Crippen LogP contribution in [0.3, 0.4) is 0 Å². The molecule has 2 unspecified atom stereocenters. The number of carbonyl (C=O) groups excluding carboxylic acids is 2. The van der Waals surface area contributed by atoms with Crippen LogP contribution in [0.1, 0.15) is 0 Å². The molecule has 2 aliphatic rings. The molecule has 94 valence electrons. The van der Waals surface area contributed by atoms with Crippen molar-refractivity contribution in [3.05, 3.63) is 24.3 Å². The Morgan fingerprint density at radius 2 is 1.67 bits per heavy atom. The van der Waals surface area contributed by atoms with Gasteiger partial charge in [-0.2, -0.15) is 0 Å². The van der Waals surface area contributed by atoms with Gasteiger partial charge in [0.25, 0.3) is 0 Å². The second-order valence-corrected chi connectivity index (χ2v) is 5.55. The van der Waals surface area contributed by atoms with Crippen molar-refractivity contribution in [3.8, 4) is 0 Å². The molecule has 0 radical (unpaired) electrons. The molecule has 5 heteroatoms. The zero-order valence-electron chi connectivity index (χ0n) is 10.1. The summed E-state index contributed by atoms with van der Waals surface area (Å²) >= 11 is 1.70. The van der Waals surface area contributed by atoms with Crippen molar-refractivity contribution >= 4 is 29.3 Å². The molecule has 0 saturated carbocycles. The lowest BCUT2D eigenvalue weighted by atomic mass is 10.00. The lowest BCUT2D eigenvalue weighted by Gasteiger charge is -2.19. The first kappa shape index (κ1) is 11.6. The number of nitrogens with one attached hydrogen (secondary N) is 1. The summed E-state index contributed by atoms with van der Waals surface area (Å²) in [5.41, 5.74) is 1.09. The molecular weight excluding hydrogens is 248 g/mol. The third-order valence-corrected chi connectivity index (χ3v) is 4.42. The SMILES string of the molecule is CSc1ccc(N2CC3C(=O)NC(=O)C3C2)cc1. The molecule has 2 amide bonds. The minimum atomic E-state index is -0.169. The fraction of sp³-hybridized carbons (Fsp3) is 0.385. The Morgan fingerprint density at radius 3 is 2.17 bits per heavy atom. The Bertz CT molecular complexity index is 478. The molecule has 2 fully saturated rings. The van der Waals surface area contributed by atoms with Gasteiger partial charge in [-0.15, -0.1) is 11.8 Å². The van der Waals surface area contributed by atoms with E-state index < -0.39 is 0 Å². The molecule has 4 nitrogen and oxygen atoms in total. The smallest absolute Gasteiger partial charge is 0.232 e. The van der Waals surface area contributed by atoms with Gasteiger partial charge in [0.1, 0.15) is 0 Å². The zero-order chi connectivity index (χ0) is 12.7. The van der Waals surface area contributed by atoms with Gasteiger partial charge in [0.05, 0.1) is 11.8 Å². The Morgan fingerprint density at radius 1 is 1.11 bits per heavy atom. The first-order valence-corrected chi connectivity index (χ1v) is 7.15. The predicted molar refractivity (Wildman–Crippen MR) is 70.6 cm³/mol. The van der Waals surface area contributed by atoms with E-state index in [1.165, 1.54) is 4.90 Å². The fourth-order valence-corrected chi connectivity index (χ4v) is 3.05. The number of imide groups is 1. The van der Waals surface area contributed by atoms with Gasteiger partial charge in [0.2, 0.25) is 11.8 Å². The molecule has 1 aromatic rings. The van der Waals surface area contributed by atoms with Gasteiger partial charge >= 0.3 is 0 Å². The van der Waals surface area contributed by atoms with Crippen molar-refractivity contribution in [2.75, 3.05) is 24.2 Å². The maximum Gasteiger partial charge on any atom is 0.232 e. The highest BCUT2D eigenvalue weighted by molar-refractivity contribution is 7.98. The monoisotopic (exact) mass is 262 g/mol. The van der Waals surface area contributed by atoms with E-state index >= 15 is 0 Å². The number of thioether (sulfide) groups is 1. The quantitative estimate of drug-likeness (QED) is 0.641. The topological polar surface area (TPSA) is 49.4 Å². The van der Waals surface area contributed by atoms with Crippen LogP contribution in [-0.2, 0) is 9.59 Å². The van der Waals surface area contributed by atoms with Gasteiger partial charge < -0.3 is 4.90 Å². The number of benzene rings is 1. The summed E-state index contributed by atoms with van der Waals surface area (Å²) in [5, 5.41) is 2.40. The van der Waals surface area contributed by atoms with Crippen molar-refractivity contribution in [1.29, 1.82) is 0 Å². The zero-order valence-corrected chi connectivity index (χ0v) is 10.9. The van der Waals surface area contributed by atoms with Crippen LogP contribution in [0.2, 0.25) is 0 Å². The van der Waals surface area contributed by atoms with Gasteiger partial charge in [0, 0.05) is 23.7 Å². The van der Waals surface area contributed by atoms with E-state index in [-0.39, 0.29) is 23.7 Å². The molecule has 1 N–H and O–H groups in total. The highest BCUT2D eigenvalue weighted by atomic mass is 32.2. The van der Waals surface area contributed by atoms with Gasteiger partial charge in [-0.05, 0) is 30.5 Å². The van der Waals surface area contributed by atoms with Gasteiger partial charge in [-0.1, -0.05) is 0 Å². The van der Waals surface area contributed by atoms with E-state index in [1.54, 1.807) is 11.8 Å². The standard InChI is InChI=1S/C13H14N2O2S/c1-18-9-4-2-8(3-5-9)15-6-10-11(7-15)13(17)14-12(10)16/h2-5,10-11H,6-7H2,1H3,(H,14,16,17). The summed E-state index contributed by atoms with van der Waals surface area (Å²) in [6.07, 6.45) is 2.04. The molecule has 18 heavy (non-hydrogen) atoms. The van der Waals surface area contributed by atoms with E-state index in [1.807, 2.05) is 6.26 Å². The van der Waals surface area contributed by atoms with E-state index in [4.69, 9.17) is 0 Å². The van der Waals surface area contributed by atoms with Crippen molar-refractivity contribution < 1.29 is 9.59 Å². The maximum absolute atomic E-state index is 11.6. The van der Waals surface area contributed by atoms with Crippen molar-refractivity contribution in [1.82, 2.24) is 5.32 Å². The number of fused-ring (bicyclic) bond motifs is 1. The van der Waals surface area contributed by atoms with Crippen LogP contribution in [0.25, 0.3) is 0 Å². The molecule has 0 spiro atoms. The molecule has 0 bridgehead atoms. The molecule has 2 saturated heterocycles. The molecule has 2 heterocycles. The Hall–Kier alpha value is -1.49. The Labute approximate surface area is 110 Å². The number of anilines is 1. The second-order valence-electron chi connectivity index (χ2n) is 4.67. The normalized spacial score (nSPS) is 26.4. The van der Waals surface area contributed by atoms with Gasteiger partial charge in [-0.3, -0.25) is 14.9 Å². The summed E-state index contributed by atoms with van der Waals surface area (Å²) in [6.45, 7) is 1.28. The first-order valence-electron chi connectivity index (χ1n) is 5.93. The average molecular weight is 262 g/mol.